The Morgan fingerprint density at radius 1 is 0.455 bits per heavy atom. The lowest BCUT2D eigenvalue weighted by atomic mass is 9.94. The van der Waals surface area contributed by atoms with Gasteiger partial charge in [0.05, 0.1) is 19.8 Å². The SMILES string of the molecule is CCCCCCCOC(=O)N(CC1CCN(C)CC1)C(CCCCCCCCC(=O)OCC(CCCC)CCCCCC)CCCCCCCCC(=O)OCC(CCCC)CCCCCC. The summed E-state index contributed by atoms with van der Waals surface area (Å²) in [6, 6.07) is 0.211. The van der Waals surface area contributed by atoms with E-state index in [2.05, 4.69) is 51.5 Å². The van der Waals surface area contributed by atoms with Gasteiger partial charge >= 0.3 is 18.0 Å². The van der Waals surface area contributed by atoms with Gasteiger partial charge in [-0.1, -0.05) is 202 Å². The van der Waals surface area contributed by atoms with E-state index in [0.717, 1.165) is 122 Å². The van der Waals surface area contributed by atoms with Crippen LogP contribution in [0.15, 0.2) is 0 Å². The van der Waals surface area contributed by atoms with E-state index in [1.807, 2.05) is 0 Å². The molecule has 0 spiro atoms. The molecule has 1 amide bonds. The Morgan fingerprint density at radius 2 is 0.818 bits per heavy atom. The van der Waals surface area contributed by atoms with Crippen molar-refractivity contribution in [3.05, 3.63) is 0 Å². The van der Waals surface area contributed by atoms with Gasteiger partial charge in [-0.05, 0) is 109 Å². The summed E-state index contributed by atoms with van der Waals surface area (Å²) in [7, 11) is 2.21. The van der Waals surface area contributed by atoms with E-state index in [0.29, 0.717) is 50.4 Å². The number of carbonyl (C=O) groups excluding carboxylic acids is 3. The number of esters is 2. The molecule has 0 aromatic carbocycles. The minimum Gasteiger partial charge on any atom is -0.465 e. The van der Waals surface area contributed by atoms with E-state index >= 15 is 0 Å². The van der Waals surface area contributed by atoms with Gasteiger partial charge in [-0.2, -0.15) is 0 Å². The maximum Gasteiger partial charge on any atom is 0.410 e. The van der Waals surface area contributed by atoms with Crippen molar-refractivity contribution < 1.29 is 28.6 Å². The molecule has 1 saturated heterocycles. The second-order valence-corrected chi connectivity index (χ2v) is 21.0. The van der Waals surface area contributed by atoms with Crippen LogP contribution in [0.3, 0.4) is 0 Å². The Morgan fingerprint density at radius 3 is 1.27 bits per heavy atom. The van der Waals surface area contributed by atoms with Crippen LogP contribution in [-0.2, 0) is 23.8 Å². The highest BCUT2D eigenvalue weighted by Gasteiger charge is 2.29. The van der Waals surface area contributed by atoms with Crippen molar-refractivity contribution in [2.24, 2.45) is 17.8 Å². The summed E-state index contributed by atoms with van der Waals surface area (Å²) in [5, 5.41) is 0. The lowest BCUT2D eigenvalue weighted by molar-refractivity contribution is -0.146. The quantitative estimate of drug-likeness (QED) is 0.0341. The van der Waals surface area contributed by atoms with Crippen LogP contribution in [0.4, 0.5) is 4.79 Å². The number of hydrogen-bond acceptors (Lipinski definition) is 7. The van der Waals surface area contributed by atoms with E-state index in [4.69, 9.17) is 14.2 Å². The van der Waals surface area contributed by atoms with Crippen molar-refractivity contribution in [2.45, 2.75) is 291 Å². The average Bonchev–Trinajstić information content (AvgIpc) is 3.32. The molecule has 1 aliphatic heterocycles. The summed E-state index contributed by atoms with van der Waals surface area (Å²) in [6.45, 7) is 16.0. The van der Waals surface area contributed by atoms with Crippen LogP contribution in [0.2, 0.25) is 0 Å². The number of hydrogen-bond donors (Lipinski definition) is 0. The monoisotopic (exact) mass is 933 g/mol. The second kappa shape index (κ2) is 45.6. The maximum atomic E-state index is 14.0. The van der Waals surface area contributed by atoms with E-state index in [1.165, 1.54) is 135 Å². The standard InChI is InChI=1S/C58H112N2O6/c1-7-12-17-28-35-48-64-58(63)60(49-52-44-46-59(6)47-45-52)55(40-31-24-20-22-26-33-42-56(61)65-50-53(36-15-10-4)38-29-18-13-8-2)41-32-25-21-23-27-34-43-57(62)66-51-54(37-16-11-5)39-30-19-14-9-3/h52-55H,7-51H2,1-6H3. The number of nitrogens with zero attached hydrogens (tertiary/aromatic N) is 2. The molecule has 8 heteroatoms. The fourth-order valence-electron chi connectivity index (χ4n) is 9.91. The maximum absolute atomic E-state index is 14.0. The molecule has 1 aliphatic rings. The van der Waals surface area contributed by atoms with Crippen LogP contribution in [0.1, 0.15) is 285 Å². The summed E-state index contributed by atoms with van der Waals surface area (Å²) in [6.07, 6.45) is 44.0. The zero-order valence-electron chi connectivity index (χ0n) is 45.0. The van der Waals surface area contributed by atoms with E-state index in [9.17, 15) is 14.4 Å². The first-order valence-electron chi connectivity index (χ1n) is 29.2. The number of carbonyl (C=O) groups is 3. The van der Waals surface area contributed by atoms with Gasteiger partial charge in [-0.25, -0.2) is 4.79 Å². The molecule has 0 radical (unpaired) electrons. The molecule has 0 aliphatic carbocycles. The first kappa shape index (κ1) is 62.2. The molecule has 1 rings (SSSR count). The van der Waals surface area contributed by atoms with Crippen LogP contribution in [0.25, 0.3) is 0 Å². The first-order chi connectivity index (χ1) is 32.3. The summed E-state index contributed by atoms with van der Waals surface area (Å²) in [5.74, 6) is 1.54. The highest BCUT2D eigenvalue weighted by atomic mass is 16.6. The molecule has 1 fully saturated rings. The Hall–Kier alpha value is -1.83. The Balaban J connectivity index is 2.65. The zero-order chi connectivity index (χ0) is 48.1. The number of unbranched alkanes of at least 4 members (excludes halogenated alkanes) is 22. The topological polar surface area (TPSA) is 85.4 Å². The molecule has 1 heterocycles. The van der Waals surface area contributed by atoms with Gasteiger partial charge in [-0.15, -0.1) is 0 Å². The van der Waals surface area contributed by atoms with Gasteiger partial charge in [0.15, 0.2) is 0 Å². The van der Waals surface area contributed by atoms with Crippen LogP contribution in [0, 0.1) is 17.8 Å². The third-order valence-corrected chi connectivity index (χ3v) is 14.6. The number of piperidine rings is 1. The Labute approximate surface area is 410 Å². The zero-order valence-corrected chi connectivity index (χ0v) is 45.0. The minimum atomic E-state index is -0.0884. The van der Waals surface area contributed by atoms with Gasteiger partial charge < -0.3 is 24.0 Å². The lowest BCUT2D eigenvalue weighted by Gasteiger charge is -2.37. The second-order valence-electron chi connectivity index (χ2n) is 21.0. The first-order valence-corrected chi connectivity index (χ1v) is 29.2. The molecule has 2 unspecified atom stereocenters. The van der Waals surface area contributed by atoms with Gasteiger partial charge in [0.2, 0.25) is 0 Å². The van der Waals surface area contributed by atoms with Gasteiger partial charge in [-0.3, -0.25) is 9.59 Å². The van der Waals surface area contributed by atoms with Crippen LogP contribution < -0.4 is 0 Å². The molecule has 0 aromatic rings. The van der Waals surface area contributed by atoms with Crippen molar-refractivity contribution in [2.75, 3.05) is 46.5 Å². The van der Waals surface area contributed by atoms with E-state index in [-0.39, 0.29) is 24.1 Å². The molecular weight excluding hydrogens is 821 g/mol. The minimum absolute atomic E-state index is 0.0139. The van der Waals surface area contributed by atoms with Crippen molar-refractivity contribution in [1.82, 2.24) is 9.80 Å². The van der Waals surface area contributed by atoms with Crippen molar-refractivity contribution in [3.63, 3.8) is 0 Å². The van der Waals surface area contributed by atoms with Crippen LogP contribution >= 0.6 is 0 Å². The molecule has 8 nitrogen and oxygen atoms in total. The summed E-state index contributed by atoms with van der Waals surface area (Å²) >= 11 is 0. The molecule has 0 N–H and O–H groups in total. The predicted octanol–water partition coefficient (Wildman–Crippen LogP) is 17.0. The molecule has 0 aromatic heterocycles. The van der Waals surface area contributed by atoms with E-state index < -0.39 is 0 Å². The average molecular weight is 934 g/mol. The molecule has 0 bridgehead atoms. The molecule has 390 valence electrons. The fraction of sp³-hybridized carbons (Fsp3) is 0.948. The third kappa shape index (κ3) is 36.2. The number of amides is 1. The fourth-order valence-corrected chi connectivity index (χ4v) is 9.91. The number of rotatable bonds is 47. The van der Waals surface area contributed by atoms with Gasteiger partial charge in [0.1, 0.15) is 0 Å². The molecule has 2 atom stereocenters. The number of ether oxygens (including phenoxy) is 3. The highest BCUT2D eigenvalue weighted by Crippen LogP contribution is 2.26. The Bertz CT molecular complexity index is 1040. The van der Waals surface area contributed by atoms with Gasteiger partial charge in [0, 0.05) is 25.4 Å². The van der Waals surface area contributed by atoms with Crippen molar-refractivity contribution in [1.29, 1.82) is 0 Å². The van der Waals surface area contributed by atoms with Crippen LogP contribution in [0.5, 0.6) is 0 Å². The predicted molar refractivity (Wildman–Crippen MR) is 280 cm³/mol. The van der Waals surface area contributed by atoms with Crippen molar-refractivity contribution in [3.8, 4) is 0 Å². The van der Waals surface area contributed by atoms with Crippen LogP contribution in [-0.4, -0.2) is 80.4 Å². The van der Waals surface area contributed by atoms with Gasteiger partial charge in [0.25, 0.3) is 0 Å². The molecule has 66 heavy (non-hydrogen) atoms. The number of likely N-dealkylation sites (tertiary alicyclic amines) is 1. The summed E-state index contributed by atoms with van der Waals surface area (Å²) < 4.78 is 17.6. The Kier molecular flexibility index (Phi) is 43.0. The highest BCUT2D eigenvalue weighted by molar-refractivity contribution is 5.69. The normalized spacial score (nSPS) is 14.8. The molecular formula is C58H112N2O6. The lowest BCUT2D eigenvalue weighted by Crippen LogP contribution is -2.45. The van der Waals surface area contributed by atoms with E-state index in [1.54, 1.807) is 0 Å². The largest absolute Gasteiger partial charge is 0.465 e. The smallest absolute Gasteiger partial charge is 0.410 e. The summed E-state index contributed by atoms with van der Waals surface area (Å²) in [4.78, 5) is 43.8. The molecule has 0 saturated carbocycles. The summed E-state index contributed by atoms with van der Waals surface area (Å²) in [5.41, 5.74) is 0. The third-order valence-electron chi connectivity index (χ3n) is 14.6. The van der Waals surface area contributed by atoms with Crippen molar-refractivity contribution >= 4 is 18.0 Å².